The summed E-state index contributed by atoms with van der Waals surface area (Å²) in [5, 5.41) is 4.70. The standard InChI is InChI=1S/C16H17N3O2S/c1-16(13-3-2-8-22-13)14(20)19(15(21)18-16)10-12-6-4-11(9-17)5-7-12/h2-8H,9-10,17H2,1H3,(H,18,21). The molecule has 3 N–H and O–H groups in total. The third-order valence-corrected chi connectivity index (χ3v) is 4.98. The van der Waals surface area contributed by atoms with Gasteiger partial charge in [-0.1, -0.05) is 30.3 Å². The second-order valence-corrected chi connectivity index (χ2v) is 6.39. The van der Waals surface area contributed by atoms with E-state index in [0.29, 0.717) is 6.54 Å². The Morgan fingerprint density at radius 1 is 1.18 bits per heavy atom. The number of thiophene rings is 1. The number of nitrogens with zero attached hydrogens (tertiary/aromatic N) is 1. The Balaban J connectivity index is 1.82. The van der Waals surface area contributed by atoms with Crippen LogP contribution in [-0.4, -0.2) is 16.8 Å². The normalized spacial score (nSPS) is 21.3. The molecule has 1 atom stereocenters. The summed E-state index contributed by atoms with van der Waals surface area (Å²) < 4.78 is 0. The maximum absolute atomic E-state index is 12.7. The molecule has 5 nitrogen and oxygen atoms in total. The van der Waals surface area contributed by atoms with Gasteiger partial charge in [0.2, 0.25) is 0 Å². The van der Waals surface area contributed by atoms with Gasteiger partial charge in [0.15, 0.2) is 5.54 Å². The summed E-state index contributed by atoms with van der Waals surface area (Å²) in [6, 6.07) is 11.0. The number of hydrogen-bond donors (Lipinski definition) is 2. The van der Waals surface area contributed by atoms with E-state index in [0.717, 1.165) is 16.0 Å². The molecule has 1 aromatic heterocycles. The molecule has 2 heterocycles. The SMILES string of the molecule is CC1(c2cccs2)NC(=O)N(Cc2ccc(CN)cc2)C1=O. The van der Waals surface area contributed by atoms with Crippen LogP contribution in [0.25, 0.3) is 0 Å². The van der Waals surface area contributed by atoms with Crippen LogP contribution in [0.5, 0.6) is 0 Å². The predicted molar refractivity (Wildman–Crippen MR) is 85.1 cm³/mol. The fourth-order valence-electron chi connectivity index (χ4n) is 2.53. The van der Waals surface area contributed by atoms with Crippen molar-refractivity contribution in [2.45, 2.75) is 25.6 Å². The Labute approximate surface area is 132 Å². The molecular formula is C16H17N3O2S. The van der Waals surface area contributed by atoms with E-state index in [1.165, 1.54) is 16.2 Å². The number of hydrogen-bond acceptors (Lipinski definition) is 4. The molecule has 3 amide bonds. The van der Waals surface area contributed by atoms with Crippen LogP contribution in [0.1, 0.15) is 22.9 Å². The number of carbonyl (C=O) groups is 2. The maximum Gasteiger partial charge on any atom is 0.325 e. The Bertz CT molecular complexity index is 697. The van der Waals surface area contributed by atoms with Gasteiger partial charge in [-0.05, 0) is 29.5 Å². The van der Waals surface area contributed by atoms with Gasteiger partial charge >= 0.3 is 6.03 Å². The van der Waals surface area contributed by atoms with Crippen LogP contribution in [0.2, 0.25) is 0 Å². The van der Waals surface area contributed by atoms with Crippen LogP contribution in [0.15, 0.2) is 41.8 Å². The number of nitrogens with one attached hydrogen (secondary N) is 1. The van der Waals surface area contributed by atoms with Crippen LogP contribution < -0.4 is 11.1 Å². The topological polar surface area (TPSA) is 75.4 Å². The number of imide groups is 1. The van der Waals surface area contributed by atoms with E-state index in [4.69, 9.17) is 5.73 Å². The number of rotatable bonds is 4. The molecule has 6 heteroatoms. The third kappa shape index (κ3) is 2.40. The zero-order valence-electron chi connectivity index (χ0n) is 12.2. The van der Waals surface area contributed by atoms with Crippen molar-refractivity contribution in [3.8, 4) is 0 Å². The van der Waals surface area contributed by atoms with Crippen molar-refractivity contribution < 1.29 is 9.59 Å². The molecule has 1 saturated heterocycles. The number of amides is 3. The van der Waals surface area contributed by atoms with Crippen molar-refractivity contribution in [3.05, 3.63) is 57.8 Å². The summed E-state index contributed by atoms with van der Waals surface area (Å²) in [4.78, 5) is 27.0. The maximum atomic E-state index is 12.7. The molecule has 0 spiro atoms. The summed E-state index contributed by atoms with van der Waals surface area (Å²) in [5.41, 5.74) is 6.52. The molecule has 0 radical (unpaired) electrons. The van der Waals surface area contributed by atoms with E-state index >= 15 is 0 Å². The van der Waals surface area contributed by atoms with Crippen LogP contribution >= 0.6 is 11.3 Å². The molecule has 1 aliphatic rings. The smallest absolute Gasteiger partial charge is 0.325 e. The van der Waals surface area contributed by atoms with E-state index < -0.39 is 5.54 Å². The monoisotopic (exact) mass is 315 g/mol. The van der Waals surface area contributed by atoms with E-state index in [1.54, 1.807) is 6.92 Å². The Hall–Kier alpha value is -2.18. The van der Waals surface area contributed by atoms with Gasteiger partial charge < -0.3 is 11.1 Å². The van der Waals surface area contributed by atoms with E-state index in [9.17, 15) is 9.59 Å². The minimum atomic E-state index is -0.970. The van der Waals surface area contributed by atoms with Gasteiger partial charge in [-0.25, -0.2) is 4.79 Å². The third-order valence-electron chi connectivity index (χ3n) is 3.89. The summed E-state index contributed by atoms with van der Waals surface area (Å²) in [7, 11) is 0. The summed E-state index contributed by atoms with van der Waals surface area (Å²) in [6.45, 7) is 2.48. The second kappa shape index (κ2) is 5.55. The highest BCUT2D eigenvalue weighted by Gasteiger charge is 2.49. The van der Waals surface area contributed by atoms with Gasteiger partial charge in [0.1, 0.15) is 0 Å². The molecule has 1 unspecified atom stereocenters. The molecule has 0 bridgehead atoms. The van der Waals surface area contributed by atoms with Gasteiger partial charge in [0.05, 0.1) is 6.54 Å². The first-order valence-electron chi connectivity index (χ1n) is 7.00. The second-order valence-electron chi connectivity index (χ2n) is 5.44. The molecule has 1 aromatic carbocycles. The molecule has 1 aliphatic heterocycles. The first kappa shape index (κ1) is 14.7. The van der Waals surface area contributed by atoms with Crippen LogP contribution in [0.4, 0.5) is 4.79 Å². The lowest BCUT2D eigenvalue weighted by molar-refractivity contribution is -0.131. The number of benzene rings is 1. The first-order valence-corrected chi connectivity index (χ1v) is 7.88. The van der Waals surface area contributed by atoms with Crippen molar-refractivity contribution in [2.75, 3.05) is 0 Å². The van der Waals surface area contributed by atoms with Crippen molar-refractivity contribution in [2.24, 2.45) is 5.73 Å². The molecule has 1 fully saturated rings. The van der Waals surface area contributed by atoms with Gasteiger partial charge in [0.25, 0.3) is 5.91 Å². The van der Waals surface area contributed by atoms with Gasteiger partial charge in [0, 0.05) is 11.4 Å². The largest absolute Gasteiger partial charge is 0.326 e. The zero-order valence-corrected chi connectivity index (χ0v) is 13.0. The van der Waals surface area contributed by atoms with Crippen LogP contribution in [-0.2, 0) is 23.4 Å². The Morgan fingerprint density at radius 3 is 2.45 bits per heavy atom. The van der Waals surface area contributed by atoms with Crippen LogP contribution in [0, 0.1) is 0 Å². The van der Waals surface area contributed by atoms with Crippen molar-refractivity contribution >= 4 is 23.3 Å². The Morgan fingerprint density at radius 2 is 1.86 bits per heavy atom. The fraction of sp³-hybridized carbons (Fsp3) is 0.250. The molecule has 114 valence electrons. The first-order chi connectivity index (χ1) is 10.5. The molecular weight excluding hydrogens is 298 g/mol. The lowest BCUT2D eigenvalue weighted by Gasteiger charge is -2.20. The minimum absolute atomic E-state index is 0.220. The fourth-order valence-corrected chi connectivity index (χ4v) is 3.37. The molecule has 22 heavy (non-hydrogen) atoms. The molecule has 2 aromatic rings. The van der Waals surface area contributed by atoms with Crippen molar-refractivity contribution in [1.82, 2.24) is 10.2 Å². The molecule has 0 aliphatic carbocycles. The number of carbonyl (C=O) groups excluding carboxylic acids is 2. The van der Waals surface area contributed by atoms with E-state index in [2.05, 4.69) is 5.32 Å². The van der Waals surface area contributed by atoms with Crippen molar-refractivity contribution in [1.29, 1.82) is 0 Å². The Kier molecular flexibility index (Phi) is 3.72. The summed E-state index contributed by atoms with van der Waals surface area (Å²) >= 11 is 1.46. The summed E-state index contributed by atoms with van der Waals surface area (Å²) in [6.07, 6.45) is 0. The van der Waals surface area contributed by atoms with Gasteiger partial charge in [-0.2, -0.15) is 0 Å². The lowest BCUT2D eigenvalue weighted by atomic mass is 10.0. The van der Waals surface area contributed by atoms with Gasteiger partial charge in [-0.3, -0.25) is 9.69 Å². The quantitative estimate of drug-likeness (QED) is 0.849. The van der Waals surface area contributed by atoms with Gasteiger partial charge in [-0.15, -0.1) is 11.3 Å². The predicted octanol–water partition coefficient (Wildman–Crippen LogP) is 2.17. The zero-order chi connectivity index (χ0) is 15.7. The molecule has 0 saturated carbocycles. The van der Waals surface area contributed by atoms with E-state index in [-0.39, 0.29) is 18.5 Å². The molecule has 3 rings (SSSR count). The average Bonchev–Trinajstić information content (AvgIpc) is 3.13. The highest BCUT2D eigenvalue weighted by Crippen LogP contribution is 2.32. The van der Waals surface area contributed by atoms with Crippen LogP contribution in [0.3, 0.4) is 0 Å². The average molecular weight is 315 g/mol. The summed E-state index contributed by atoms with van der Waals surface area (Å²) in [5.74, 6) is -0.220. The highest BCUT2D eigenvalue weighted by molar-refractivity contribution is 7.10. The lowest BCUT2D eigenvalue weighted by Crippen LogP contribution is -2.40. The van der Waals surface area contributed by atoms with Crippen molar-refractivity contribution in [3.63, 3.8) is 0 Å². The minimum Gasteiger partial charge on any atom is -0.326 e. The number of urea groups is 1. The van der Waals surface area contributed by atoms with E-state index in [1.807, 2.05) is 41.8 Å². The number of nitrogens with two attached hydrogens (primary N) is 1. The highest BCUT2D eigenvalue weighted by atomic mass is 32.1.